The van der Waals surface area contributed by atoms with Crippen molar-refractivity contribution in [2.45, 2.75) is 13.2 Å². The van der Waals surface area contributed by atoms with Crippen molar-refractivity contribution in [3.8, 4) is 11.5 Å². The number of rotatable bonds is 8. The Balaban J connectivity index is 1.50. The van der Waals surface area contributed by atoms with Crippen molar-refractivity contribution in [3.63, 3.8) is 0 Å². The van der Waals surface area contributed by atoms with Crippen molar-refractivity contribution in [2.75, 3.05) is 7.11 Å². The standard InChI is InChI=1S/C25H20N2O6S/c1-32-22-13-18(11-12-21(22)33-16-19-9-5-6-10-20(19)27(30)31)14-23-24(28)26(25(29)34-23)15-17-7-3-2-4-8-17/h2-14H,15-16H2,1H3/b23-14-. The molecule has 1 heterocycles. The van der Waals surface area contributed by atoms with Gasteiger partial charge in [0.05, 0.1) is 29.0 Å². The van der Waals surface area contributed by atoms with Crippen LogP contribution in [0.2, 0.25) is 0 Å². The largest absolute Gasteiger partial charge is 0.493 e. The summed E-state index contributed by atoms with van der Waals surface area (Å²) < 4.78 is 11.2. The first-order chi connectivity index (χ1) is 16.5. The molecular formula is C25H20N2O6S. The number of hydrogen-bond donors (Lipinski definition) is 0. The highest BCUT2D eigenvalue weighted by molar-refractivity contribution is 8.18. The van der Waals surface area contributed by atoms with Gasteiger partial charge in [0.15, 0.2) is 11.5 Å². The molecule has 1 aliphatic rings. The third kappa shape index (κ3) is 5.10. The Morgan fingerprint density at radius 3 is 2.47 bits per heavy atom. The number of methoxy groups -OCH3 is 1. The maximum absolute atomic E-state index is 12.8. The summed E-state index contributed by atoms with van der Waals surface area (Å²) in [4.78, 5) is 37.5. The number of para-hydroxylation sites is 1. The molecule has 9 heteroatoms. The molecule has 2 amide bonds. The van der Waals surface area contributed by atoms with Crippen LogP contribution in [0.3, 0.4) is 0 Å². The zero-order chi connectivity index (χ0) is 24.1. The molecule has 0 bridgehead atoms. The predicted molar refractivity (Wildman–Crippen MR) is 128 cm³/mol. The van der Waals surface area contributed by atoms with Crippen molar-refractivity contribution in [1.82, 2.24) is 4.90 Å². The normalized spacial score (nSPS) is 14.5. The van der Waals surface area contributed by atoms with Crippen LogP contribution in [0.15, 0.2) is 77.7 Å². The average Bonchev–Trinajstić information content (AvgIpc) is 3.11. The minimum Gasteiger partial charge on any atom is -0.493 e. The number of imide groups is 1. The molecule has 4 rings (SSSR count). The van der Waals surface area contributed by atoms with E-state index in [1.54, 1.807) is 42.5 Å². The molecule has 1 aliphatic heterocycles. The van der Waals surface area contributed by atoms with Crippen LogP contribution in [-0.4, -0.2) is 28.1 Å². The molecule has 0 atom stereocenters. The Kier molecular flexibility index (Phi) is 6.93. The lowest BCUT2D eigenvalue weighted by molar-refractivity contribution is -0.385. The van der Waals surface area contributed by atoms with Gasteiger partial charge in [-0.25, -0.2) is 0 Å². The summed E-state index contributed by atoms with van der Waals surface area (Å²) in [5.74, 6) is 0.445. The summed E-state index contributed by atoms with van der Waals surface area (Å²) in [5, 5.41) is 10.9. The zero-order valence-electron chi connectivity index (χ0n) is 18.2. The van der Waals surface area contributed by atoms with E-state index in [-0.39, 0.29) is 30.0 Å². The smallest absolute Gasteiger partial charge is 0.293 e. The molecule has 0 aromatic heterocycles. The number of nitrogens with zero attached hydrogens (tertiary/aromatic N) is 2. The van der Waals surface area contributed by atoms with Crippen LogP contribution >= 0.6 is 11.8 Å². The average molecular weight is 477 g/mol. The van der Waals surface area contributed by atoms with Gasteiger partial charge in [0.25, 0.3) is 16.8 Å². The number of amides is 2. The van der Waals surface area contributed by atoms with E-state index in [9.17, 15) is 19.7 Å². The van der Waals surface area contributed by atoms with E-state index in [0.29, 0.717) is 27.5 Å². The van der Waals surface area contributed by atoms with E-state index in [2.05, 4.69) is 0 Å². The van der Waals surface area contributed by atoms with Gasteiger partial charge < -0.3 is 9.47 Å². The minimum atomic E-state index is -0.455. The number of benzene rings is 3. The number of hydrogen-bond acceptors (Lipinski definition) is 7. The van der Waals surface area contributed by atoms with Crippen molar-refractivity contribution in [3.05, 3.63) is 105 Å². The topological polar surface area (TPSA) is 99.0 Å². The summed E-state index contributed by atoms with van der Waals surface area (Å²) in [6, 6.07) is 20.7. The minimum absolute atomic E-state index is 0.00870. The number of thioether (sulfide) groups is 1. The van der Waals surface area contributed by atoms with Crippen molar-refractivity contribution in [1.29, 1.82) is 0 Å². The van der Waals surface area contributed by atoms with E-state index < -0.39 is 4.92 Å². The van der Waals surface area contributed by atoms with Gasteiger partial charge in [0, 0.05) is 6.07 Å². The molecule has 8 nitrogen and oxygen atoms in total. The maximum Gasteiger partial charge on any atom is 0.293 e. The Labute approximate surface area is 199 Å². The first-order valence-corrected chi connectivity index (χ1v) is 11.1. The van der Waals surface area contributed by atoms with Crippen LogP contribution < -0.4 is 9.47 Å². The fraction of sp³-hybridized carbons (Fsp3) is 0.120. The molecule has 3 aromatic rings. The van der Waals surface area contributed by atoms with Crippen LogP contribution in [-0.2, 0) is 17.9 Å². The van der Waals surface area contributed by atoms with Crippen LogP contribution in [0.1, 0.15) is 16.7 Å². The number of carbonyl (C=O) groups is 2. The van der Waals surface area contributed by atoms with E-state index in [1.165, 1.54) is 18.1 Å². The molecular weight excluding hydrogens is 456 g/mol. The van der Waals surface area contributed by atoms with Crippen molar-refractivity contribution >= 4 is 34.7 Å². The SMILES string of the molecule is COc1cc(/C=C2\SC(=O)N(Cc3ccccc3)C2=O)ccc1OCc1ccccc1[N+](=O)[O-]. The maximum atomic E-state index is 12.8. The van der Waals surface area contributed by atoms with Gasteiger partial charge in [0.2, 0.25) is 0 Å². The summed E-state index contributed by atoms with van der Waals surface area (Å²) >= 11 is 0.888. The highest BCUT2D eigenvalue weighted by Crippen LogP contribution is 2.35. The summed E-state index contributed by atoms with van der Waals surface area (Å²) in [6.45, 7) is 0.204. The molecule has 0 radical (unpaired) electrons. The number of carbonyl (C=O) groups excluding carboxylic acids is 2. The van der Waals surface area contributed by atoms with Crippen LogP contribution in [0.4, 0.5) is 10.5 Å². The molecule has 34 heavy (non-hydrogen) atoms. The molecule has 0 N–H and O–H groups in total. The molecule has 1 saturated heterocycles. The highest BCUT2D eigenvalue weighted by atomic mass is 32.2. The Hall–Kier alpha value is -4.11. The van der Waals surface area contributed by atoms with Gasteiger partial charge in [-0.1, -0.05) is 48.5 Å². The molecule has 0 spiro atoms. The van der Waals surface area contributed by atoms with E-state index in [1.807, 2.05) is 30.3 Å². The van der Waals surface area contributed by atoms with E-state index >= 15 is 0 Å². The fourth-order valence-corrected chi connectivity index (χ4v) is 4.25. The third-order valence-electron chi connectivity index (χ3n) is 5.11. The summed E-state index contributed by atoms with van der Waals surface area (Å²) in [5.41, 5.74) is 1.93. The van der Waals surface area contributed by atoms with Gasteiger partial charge in [-0.2, -0.15) is 0 Å². The van der Waals surface area contributed by atoms with E-state index in [4.69, 9.17) is 9.47 Å². The summed E-state index contributed by atoms with van der Waals surface area (Å²) in [6.07, 6.45) is 1.63. The lowest BCUT2D eigenvalue weighted by Crippen LogP contribution is -2.27. The molecule has 0 unspecified atom stereocenters. The Morgan fingerprint density at radius 1 is 1.00 bits per heavy atom. The second kappa shape index (κ2) is 10.2. The van der Waals surface area contributed by atoms with Gasteiger partial charge in [-0.3, -0.25) is 24.6 Å². The number of ether oxygens (including phenoxy) is 2. The monoisotopic (exact) mass is 476 g/mol. The second-order valence-electron chi connectivity index (χ2n) is 7.34. The molecule has 172 valence electrons. The number of nitro benzene ring substituents is 1. The van der Waals surface area contributed by atoms with Crippen LogP contribution in [0.25, 0.3) is 6.08 Å². The zero-order valence-corrected chi connectivity index (χ0v) is 19.0. The molecule has 0 aliphatic carbocycles. The first-order valence-electron chi connectivity index (χ1n) is 10.3. The highest BCUT2D eigenvalue weighted by Gasteiger charge is 2.35. The van der Waals surface area contributed by atoms with Crippen molar-refractivity contribution in [2.24, 2.45) is 0 Å². The van der Waals surface area contributed by atoms with Crippen LogP contribution in [0, 0.1) is 10.1 Å². The lowest BCUT2D eigenvalue weighted by atomic mass is 10.1. The lowest BCUT2D eigenvalue weighted by Gasteiger charge is -2.12. The molecule has 3 aromatic carbocycles. The van der Waals surface area contributed by atoms with E-state index in [0.717, 1.165) is 17.3 Å². The summed E-state index contributed by atoms with van der Waals surface area (Å²) in [7, 11) is 1.48. The molecule has 0 saturated carbocycles. The Morgan fingerprint density at radius 2 is 1.74 bits per heavy atom. The Bertz CT molecular complexity index is 1280. The predicted octanol–water partition coefficient (Wildman–Crippen LogP) is 5.42. The quantitative estimate of drug-likeness (QED) is 0.243. The fourth-order valence-electron chi connectivity index (χ4n) is 3.41. The molecule has 1 fully saturated rings. The first kappa shape index (κ1) is 23.1. The van der Waals surface area contributed by atoms with Crippen LogP contribution in [0.5, 0.6) is 11.5 Å². The second-order valence-corrected chi connectivity index (χ2v) is 8.33. The van der Waals surface area contributed by atoms with Gasteiger partial charge in [0.1, 0.15) is 6.61 Å². The van der Waals surface area contributed by atoms with Gasteiger partial charge in [-0.05, 0) is 47.2 Å². The third-order valence-corrected chi connectivity index (χ3v) is 6.02. The van der Waals surface area contributed by atoms with Crippen molar-refractivity contribution < 1.29 is 24.0 Å². The number of nitro groups is 1. The van der Waals surface area contributed by atoms with Gasteiger partial charge in [-0.15, -0.1) is 0 Å². The van der Waals surface area contributed by atoms with Gasteiger partial charge >= 0.3 is 0 Å².